The molecule has 0 aliphatic heterocycles. The lowest BCUT2D eigenvalue weighted by atomic mass is 10.3. The zero-order chi connectivity index (χ0) is 12.1. The van der Waals surface area contributed by atoms with Crippen molar-refractivity contribution in [1.29, 1.82) is 0 Å². The molecule has 0 fully saturated rings. The molecule has 17 heavy (non-hydrogen) atoms. The van der Waals surface area contributed by atoms with E-state index in [1.54, 1.807) is 12.1 Å². The van der Waals surface area contributed by atoms with Gasteiger partial charge in [-0.2, -0.15) is 4.80 Å². The number of aliphatic hydroxyl groups is 1. The monoisotopic (exact) mass is 254 g/mol. The van der Waals surface area contributed by atoms with Gasteiger partial charge in [0.05, 0.1) is 18.2 Å². The second kappa shape index (κ2) is 5.60. The molecule has 90 valence electrons. The van der Waals surface area contributed by atoms with E-state index in [-0.39, 0.29) is 13.2 Å². The lowest BCUT2D eigenvalue weighted by Gasteiger charge is -2.04. The molecule has 0 bridgehead atoms. The lowest BCUT2D eigenvalue weighted by Crippen LogP contribution is -2.06. The van der Waals surface area contributed by atoms with E-state index in [4.69, 9.17) is 21.4 Å². The molecule has 0 saturated heterocycles. The fraction of sp³-hybridized carbons (Fsp3) is 0.300. The summed E-state index contributed by atoms with van der Waals surface area (Å²) in [7, 11) is 0. The van der Waals surface area contributed by atoms with Crippen molar-refractivity contribution in [2.45, 2.75) is 13.2 Å². The standard InChI is InChI=1S/C10H11ClN4O2/c11-8-3-1-2-4-9(8)17-7-10-12-14-15(13-10)5-6-16/h1-4,16H,5-7H2. The summed E-state index contributed by atoms with van der Waals surface area (Å²) < 4.78 is 5.44. The van der Waals surface area contributed by atoms with Crippen molar-refractivity contribution in [1.82, 2.24) is 20.2 Å². The SMILES string of the molecule is OCCn1nnc(COc2ccccc2Cl)n1. The predicted molar refractivity (Wildman–Crippen MR) is 60.7 cm³/mol. The van der Waals surface area contributed by atoms with E-state index in [1.807, 2.05) is 12.1 Å². The number of halogens is 1. The molecule has 0 aliphatic rings. The van der Waals surface area contributed by atoms with Gasteiger partial charge in [0.2, 0.25) is 5.82 Å². The molecule has 7 heteroatoms. The van der Waals surface area contributed by atoms with Crippen LogP contribution in [0.15, 0.2) is 24.3 Å². The molecule has 0 spiro atoms. The molecular weight excluding hydrogens is 244 g/mol. The Morgan fingerprint density at radius 1 is 1.35 bits per heavy atom. The summed E-state index contributed by atoms with van der Waals surface area (Å²) in [5.74, 6) is 1.02. The van der Waals surface area contributed by atoms with E-state index in [2.05, 4.69) is 15.4 Å². The highest BCUT2D eigenvalue weighted by molar-refractivity contribution is 6.32. The number of hydrogen-bond donors (Lipinski definition) is 1. The highest BCUT2D eigenvalue weighted by atomic mass is 35.5. The number of aromatic nitrogens is 4. The summed E-state index contributed by atoms with van der Waals surface area (Å²) >= 11 is 5.93. The van der Waals surface area contributed by atoms with Gasteiger partial charge in [-0.1, -0.05) is 23.7 Å². The zero-order valence-corrected chi connectivity index (χ0v) is 9.71. The van der Waals surface area contributed by atoms with E-state index in [1.165, 1.54) is 4.80 Å². The molecule has 0 saturated carbocycles. The van der Waals surface area contributed by atoms with Crippen molar-refractivity contribution < 1.29 is 9.84 Å². The van der Waals surface area contributed by atoms with Gasteiger partial charge < -0.3 is 9.84 Å². The molecule has 1 N–H and O–H groups in total. The van der Waals surface area contributed by atoms with Crippen molar-refractivity contribution >= 4 is 11.6 Å². The van der Waals surface area contributed by atoms with Gasteiger partial charge in [-0.15, -0.1) is 10.2 Å². The average Bonchev–Trinajstić information content (AvgIpc) is 2.76. The summed E-state index contributed by atoms with van der Waals surface area (Å²) in [6, 6.07) is 7.16. The van der Waals surface area contributed by atoms with Crippen LogP contribution in [-0.4, -0.2) is 31.9 Å². The van der Waals surface area contributed by atoms with Crippen LogP contribution in [-0.2, 0) is 13.2 Å². The second-order valence-corrected chi connectivity index (χ2v) is 3.65. The molecule has 0 amide bonds. The lowest BCUT2D eigenvalue weighted by molar-refractivity contribution is 0.257. The number of tetrazole rings is 1. The number of rotatable bonds is 5. The van der Waals surface area contributed by atoms with Crippen molar-refractivity contribution in [3.63, 3.8) is 0 Å². The summed E-state index contributed by atoms with van der Waals surface area (Å²) in [5, 5.41) is 20.8. The average molecular weight is 255 g/mol. The first-order valence-corrected chi connectivity index (χ1v) is 5.42. The molecule has 0 unspecified atom stereocenters. The molecule has 1 heterocycles. The molecule has 0 aliphatic carbocycles. The van der Waals surface area contributed by atoms with E-state index in [9.17, 15) is 0 Å². The molecule has 0 atom stereocenters. The van der Waals surface area contributed by atoms with Crippen LogP contribution in [0.5, 0.6) is 5.75 Å². The smallest absolute Gasteiger partial charge is 0.212 e. The van der Waals surface area contributed by atoms with Crippen LogP contribution in [0, 0.1) is 0 Å². The van der Waals surface area contributed by atoms with Crippen molar-refractivity contribution in [2.75, 3.05) is 6.61 Å². The number of para-hydroxylation sites is 1. The summed E-state index contributed by atoms with van der Waals surface area (Å²) in [4.78, 5) is 1.31. The Morgan fingerprint density at radius 2 is 2.18 bits per heavy atom. The third-order valence-corrected chi connectivity index (χ3v) is 2.30. The third-order valence-electron chi connectivity index (χ3n) is 1.99. The minimum atomic E-state index is -0.0266. The maximum atomic E-state index is 8.70. The predicted octanol–water partition coefficient (Wildman–Crippen LogP) is 0.898. The summed E-state index contributed by atoms with van der Waals surface area (Å²) in [6.45, 7) is 0.482. The minimum Gasteiger partial charge on any atom is -0.484 e. The first kappa shape index (κ1) is 11.8. The van der Waals surface area contributed by atoms with Crippen LogP contribution in [0.25, 0.3) is 0 Å². The summed E-state index contributed by atoms with van der Waals surface area (Å²) in [6.07, 6.45) is 0. The normalized spacial score (nSPS) is 10.5. The van der Waals surface area contributed by atoms with E-state index < -0.39 is 0 Å². The highest BCUT2D eigenvalue weighted by Gasteiger charge is 2.05. The van der Waals surface area contributed by atoms with Gasteiger partial charge in [-0.25, -0.2) is 0 Å². The molecule has 0 radical (unpaired) electrons. The molecule has 2 aromatic rings. The maximum absolute atomic E-state index is 8.70. The third kappa shape index (κ3) is 3.15. The van der Waals surface area contributed by atoms with Gasteiger partial charge in [0.1, 0.15) is 5.75 Å². The van der Waals surface area contributed by atoms with Crippen LogP contribution in [0.1, 0.15) is 5.82 Å². The molecule has 6 nitrogen and oxygen atoms in total. The van der Waals surface area contributed by atoms with Gasteiger partial charge in [0.15, 0.2) is 6.61 Å². The fourth-order valence-corrected chi connectivity index (χ4v) is 1.41. The molecule has 1 aromatic carbocycles. The Labute approximate surface area is 103 Å². The molecule has 2 rings (SSSR count). The van der Waals surface area contributed by atoms with E-state index in [0.29, 0.717) is 23.1 Å². The van der Waals surface area contributed by atoms with E-state index in [0.717, 1.165) is 0 Å². The molecular formula is C10H11ClN4O2. The topological polar surface area (TPSA) is 73.1 Å². The number of nitrogens with zero attached hydrogens (tertiary/aromatic N) is 4. The van der Waals surface area contributed by atoms with Crippen molar-refractivity contribution in [3.05, 3.63) is 35.1 Å². The number of aliphatic hydroxyl groups excluding tert-OH is 1. The van der Waals surface area contributed by atoms with Crippen LogP contribution >= 0.6 is 11.6 Å². The van der Waals surface area contributed by atoms with Crippen molar-refractivity contribution in [3.8, 4) is 5.75 Å². The Balaban J connectivity index is 1.95. The number of hydrogen-bond acceptors (Lipinski definition) is 5. The van der Waals surface area contributed by atoms with Gasteiger partial charge in [-0.3, -0.25) is 0 Å². The summed E-state index contributed by atoms with van der Waals surface area (Å²) in [5.41, 5.74) is 0. The highest BCUT2D eigenvalue weighted by Crippen LogP contribution is 2.23. The Hall–Kier alpha value is -1.66. The Bertz CT molecular complexity index is 489. The first-order chi connectivity index (χ1) is 8.29. The minimum absolute atomic E-state index is 0.0266. The van der Waals surface area contributed by atoms with Crippen LogP contribution in [0.4, 0.5) is 0 Å². The number of ether oxygens (including phenoxy) is 1. The van der Waals surface area contributed by atoms with Gasteiger partial charge in [0, 0.05) is 0 Å². The van der Waals surface area contributed by atoms with Gasteiger partial charge in [-0.05, 0) is 17.3 Å². The maximum Gasteiger partial charge on any atom is 0.212 e. The van der Waals surface area contributed by atoms with Crippen molar-refractivity contribution in [2.24, 2.45) is 0 Å². The van der Waals surface area contributed by atoms with Crippen LogP contribution in [0.2, 0.25) is 5.02 Å². The fourth-order valence-electron chi connectivity index (χ4n) is 1.22. The quantitative estimate of drug-likeness (QED) is 0.858. The van der Waals surface area contributed by atoms with Crippen LogP contribution < -0.4 is 4.74 Å². The van der Waals surface area contributed by atoms with Gasteiger partial charge in [0.25, 0.3) is 0 Å². The molecule has 1 aromatic heterocycles. The second-order valence-electron chi connectivity index (χ2n) is 3.24. The van der Waals surface area contributed by atoms with E-state index >= 15 is 0 Å². The first-order valence-electron chi connectivity index (χ1n) is 5.04. The Kier molecular flexibility index (Phi) is 3.89. The zero-order valence-electron chi connectivity index (χ0n) is 8.95. The van der Waals surface area contributed by atoms with Crippen LogP contribution in [0.3, 0.4) is 0 Å². The Morgan fingerprint density at radius 3 is 2.94 bits per heavy atom. The van der Waals surface area contributed by atoms with Gasteiger partial charge >= 0.3 is 0 Å². The largest absolute Gasteiger partial charge is 0.484 e. The number of benzene rings is 1.